The molecule has 0 bridgehead atoms. The Morgan fingerprint density at radius 1 is 1.50 bits per heavy atom. The molecule has 1 saturated carbocycles. The fourth-order valence-electron chi connectivity index (χ4n) is 1.86. The van der Waals surface area contributed by atoms with E-state index in [0.29, 0.717) is 6.04 Å². The Morgan fingerprint density at radius 2 is 2.36 bits per heavy atom. The Bertz CT molecular complexity index is 523. The van der Waals surface area contributed by atoms with Crippen LogP contribution < -0.4 is 5.69 Å². The monoisotopic (exact) mass is 190 g/mol. The fourth-order valence-corrected chi connectivity index (χ4v) is 1.86. The highest BCUT2D eigenvalue weighted by Crippen LogP contribution is 2.31. The van der Waals surface area contributed by atoms with Crippen molar-refractivity contribution in [3.63, 3.8) is 0 Å². The Labute approximate surface area is 79.8 Å². The summed E-state index contributed by atoms with van der Waals surface area (Å²) in [5.74, 6) is 0. The van der Waals surface area contributed by atoms with Gasteiger partial charge in [0.25, 0.3) is 0 Å². The number of nitrogens with one attached hydrogen (secondary N) is 1. The molecule has 1 aliphatic rings. The van der Waals surface area contributed by atoms with Crippen LogP contribution in [-0.4, -0.2) is 19.5 Å². The lowest BCUT2D eigenvalue weighted by Crippen LogP contribution is -2.27. The highest BCUT2D eigenvalue weighted by molar-refractivity contribution is 5.69. The van der Waals surface area contributed by atoms with E-state index in [1.54, 1.807) is 10.8 Å². The Morgan fingerprint density at radius 3 is 3.07 bits per heavy atom. The van der Waals surface area contributed by atoms with Crippen molar-refractivity contribution in [3.05, 3.63) is 23.0 Å². The summed E-state index contributed by atoms with van der Waals surface area (Å²) >= 11 is 0. The molecule has 2 heterocycles. The molecule has 5 nitrogen and oxygen atoms in total. The highest BCUT2D eigenvalue weighted by Gasteiger charge is 2.23. The van der Waals surface area contributed by atoms with Crippen LogP contribution in [0.25, 0.3) is 11.2 Å². The Hall–Kier alpha value is -1.65. The molecule has 0 unspecified atom stereocenters. The maximum Gasteiger partial charge on any atom is 0.327 e. The molecular weight excluding hydrogens is 180 g/mol. The third-order valence-corrected chi connectivity index (χ3v) is 2.82. The van der Waals surface area contributed by atoms with Crippen LogP contribution in [0.1, 0.15) is 25.3 Å². The van der Waals surface area contributed by atoms with Crippen molar-refractivity contribution in [1.82, 2.24) is 19.5 Å². The van der Waals surface area contributed by atoms with Gasteiger partial charge in [0, 0.05) is 6.04 Å². The molecule has 1 N–H and O–H groups in total. The van der Waals surface area contributed by atoms with Crippen LogP contribution in [0.15, 0.2) is 17.3 Å². The van der Waals surface area contributed by atoms with Gasteiger partial charge in [-0.05, 0) is 19.3 Å². The van der Waals surface area contributed by atoms with Crippen molar-refractivity contribution in [2.75, 3.05) is 0 Å². The molecule has 2 aromatic heterocycles. The quantitative estimate of drug-likeness (QED) is 0.724. The number of aromatic amines is 1. The molecule has 2 aromatic rings. The number of aromatic nitrogens is 4. The summed E-state index contributed by atoms with van der Waals surface area (Å²) in [5.41, 5.74) is 1.39. The lowest BCUT2D eigenvalue weighted by Gasteiger charge is -2.25. The first-order valence-corrected chi connectivity index (χ1v) is 4.76. The number of H-pyrrole nitrogens is 1. The zero-order valence-electron chi connectivity index (χ0n) is 7.60. The number of imidazole rings is 1. The Kier molecular flexibility index (Phi) is 1.47. The smallest absolute Gasteiger partial charge is 0.303 e. The van der Waals surface area contributed by atoms with E-state index in [9.17, 15) is 4.79 Å². The van der Waals surface area contributed by atoms with Crippen LogP contribution in [0.2, 0.25) is 0 Å². The van der Waals surface area contributed by atoms with E-state index < -0.39 is 0 Å². The number of hydrogen-bond donors (Lipinski definition) is 1. The maximum absolute atomic E-state index is 11.6. The summed E-state index contributed by atoms with van der Waals surface area (Å²) in [6, 6.07) is 0.339. The lowest BCUT2D eigenvalue weighted by atomic mass is 9.93. The molecular formula is C9H10N4O. The average Bonchev–Trinajstić information content (AvgIpc) is 2.41. The zero-order chi connectivity index (χ0) is 9.54. The van der Waals surface area contributed by atoms with Crippen LogP contribution in [0.4, 0.5) is 0 Å². The molecule has 5 heteroatoms. The van der Waals surface area contributed by atoms with E-state index in [-0.39, 0.29) is 5.69 Å². The van der Waals surface area contributed by atoms with Gasteiger partial charge in [0.05, 0.1) is 6.20 Å². The summed E-state index contributed by atoms with van der Waals surface area (Å²) in [4.78, 5) is 22.4. The first-order chi connectivity index (χ1) is 6.86. The van der Waals surface area contributed by atoms with E-state index in [4.69, 9.17) is 0 Å². The standard InChI is InChI=1S/C9H10N4O/c14-9-12-7-4-10-5-11-8(7)13(9)6-2-1-3-6/h4-6H,1-3H2,(H,12,14). The molecule has 1 fully saturated rings. The second-order valence-corrected chi connectivity index (χ2v) is 3.64. The summed E-state index contributed by atoms with van der Waals surface area (Å²) in [6.07, 6.45) is 6.48. The zero-order valence-corrected chi connectivity index (χ0v) is 7.60. The second-order valence-electron chi connectivity index (χ2n) is 3.64. The largest absolute Gasteiger partial charge is 0.327 e. The topological polar surface area (TPSA) is 63.6 Å². The molecule has 3 rings (SSSR count). The summed E-state index contributed by atoms with van der Waals surface area (Å²) in [6.45, 7) is 0. The number of hydrogen-bond acceptors (Lipinski definition) is 3. The van der Waals surface area contributed by atoms with Gasteiger partial charge in [-0.3, -0.25) is 4.57 Å². The van der Waals surface area contributed by atoms with Gasteiger partial charge in [0.1, 0.15) is 11.8 Å². The third kappa shape index (κ3) is 0.921. The van der Waals surface area contributed by atoms with Gasteiger partial charge in [0.2, 0.25) is 0 Å². The van der Waals surface area contributed by atoms with Crippen molar-refractivity contribution >= 4 is 11.2 Å². The first kappa shape index (κ1) is 7.73. The number of fused-ring (bicyclic) bond motifs is 1. The van der Waals surface area contributed by atoms with Crippen molar-refractivity contribution in [3.8, 4) is 0 Å². The van der Waals surface area contributed by atoms with E-state index in [0.717, 1.165) is 24.0 Å². The summed E-state index contributed by atoms with van der Waals surface area (Å²) < 4.78 is 1.75. The molecule has 0 aromatic carbocycles. The molecule has 0 amide bonds. The summed E-state index contributed by atoms with van der Waals surface area (Å²) in [7, 11) is 0. The molecule has 0 aliphatic heterocycles. The van der Waals surface area contributed by atoms with Gasteiger partial charge in [0.15, 0.2) is 5.65 Å². The van der Waals surface area contributed by atoms with Gasteiger partial charge in [-0.15, -0.1) is 0 Å². The normalized spacial score (nSPS) is 17.1. The minimum Gasteiger partial charge on any atom is -0.303 e. The molecule has 1 aliphatic carbocycles. The van der Waals surface area contributed by atoms with Crippen LogP contribution in [0, 0.1) is 0 Å². The van der Waals surface area contributed by atoms with Gasteiger partial charge in [-0.25, -0.2) is 14.8 Å². The van der Waals surface area contributed by atoms with Crippen LogP contribution in [-0.2, 0) is 0 Å². The minimum atomic E-state index is -0.0646. The van der Waals surface area contributed by atoms with Crippen LogP contribution >= 0.6 is 0 Å². The number of rotatable bonds is 1. The second kappa shape index (κ2) is 2.67. The average molecular weight is 190 g/mol. The SMILES string of the molecule is O=c1[nH]c2cncnc2n1C1CCC1. The van der Waals surface area contributed by atoms with Gasteiger partial charge in [-0.2, -0.15) is 0 Å². The van der Waals surface area contributed by atoms with Gasteiger partial charge < -0.3 is 4.98 Å². The number of nitrogens with zero attached hydrogens (tertiary/aromatic N) is 3. The lowest BCUT2D eigenvalue weighted by molar-refractivity contribution is 0.313. The van der Waals surface area contributed by atoms with E-state index >= 15 is 0 Å². The van der Waals surface area contributed by atoms with E-state index in [1.807, 2.05) is 0 Å². The fraction of sp³-hybridized carbons (Fsp3) is 0.444. The van der Waals surface area contributed by atoms with Crippen molar-refractivity contribution in [2.24, 2.45) is 0 Å². The molecule has 0 saturated heterocycles. The van der Waals surface area contributed by atoms with Crippen molar-refractivity contribution < 1.29 is 0 Å². The predicted octanol–water partition coefficient (Wildman–Crippen LogP) is 0.845. The van der Waals surface area contributed by atoms with E-state index in [1.165, 1.54) is 12.7 Å². The Balaban J connectivity index is 2.29. The molecule has 14 heavy (non-hydrogen) atoms. The molecule has 0 radical (unpaired) electrons. The van der Waals surface area contributed by atoms with Crippen LogP contribution in [0.5, 0.6) is 0 Å². The van der Waals surface area contributed by atoms with E-state index in [2.05, 4.69) is 15.0 Å². The molecule has 72 valence electrons. The minimum absolute atomic E-state index is 0.0646. The highest BCUT2D eigenvalue weighted by atomic mass is 16.1. The van der Waals surface area contributed by atoms with Crippen LogP contribution in [0.3, 0.4) is 0 Å². The molecule has 0 spiro atoms. The van der Waals surface area contributed by atoms with Gasteiger partial charge >= 0.3 is 5.69 Å². The predicted molar refractivity (Wildman–Crippen MR) is 51.0 cm³/mol. The molecule has 0 atom stereocenters. The van der Waals surface area contributed by atoms with Crippen molar-refractivity contribution in [1.29, 1.82) is 0 Å². The maximum atomic E-state index is 11.6. The van der Waals surface area contributed by atoms with Crippen molar-refractivity contribution in [2.45, 2.75) is 25.3 Å². The van der Waals surface area contributed by atoms with Gasteiger partial charge in [-0.1, -0.05) is 0 Å². The summed E-state index contributed by atoms with van der Waals surface area (Å²) in [5, 5.41) is 0. The first-order valence-electron chi connectivity index (χ1n) is 4.76. The third-order valence-electron chi connectivity index (χ3n) is 2.82.